The second kappa shape index (κ2) is 8.98. The van der Waals surface area contributed by atoms with E-state index in [-0.39, 0.29) is 5.91 Å². The fraction of sp³-hybridized carbons (Fsp3) is 0.167. The van der Waals surface area contributed by atoms with Gasteiger partial charge in [0, 0.05) is 15.7 Å². The standard InChI is InChI=1S/C18H17BrN2O4/c1-12(20-17(23)13-5-3-2-4-6-13)18(24)25-11-16(22)21-15-9-7-14(19)8-10-15/h2-10,12H,11H2,1H3,(H,20,23)(H,21,22)/t12-/m0/s1. The molecule has 130 valence electrons. The Labute approximate surface area is 153 Å². The van der Waals surface area contributed by atoms with Crippen LogP contribution in [0.3, 0.4) is 0 Å². The summed E-state index contributed by atoms with van der Waals surface area (Å²) in [5, 5.41) is 5.13. The van der Waals surface area contributed by atoms with Crippen LogP contribution in [-0.4, -0.2) is 30.4 Å². The fourth-order valence-electron chi connectivity index (χ4n) is 1.92. The SMILES string of the molecule is C[C@H](NC(=O)c1ccccc1)C(=O)OCC(=O)Nc1ccc(Br)cc1. The molecule has 2 N–H and O–H groups in total. The zero-order valence-corrected chi connectivity index (χ0v) is 15.1. The molecule has 2 aromatic rings. The van der Waals surface area contributed by atoms with E-state index in [4.69, 9.17) is 4.74 Å². The summed E-state index contributed by atoms with van der Waals surface area (Å²) in [6, 6.07) is 14.6. The van der Waals surface area contributed by atoms with Gasteiger partial charge in [0.05, 0.1) is 0 Å². The molecule has 2 rings (SSSR count). The number of nitrogens with one attached hydrogen (secondary N) is 2. The lowest BCUT2D eigenvalue weighted by Crippen LogP contribution is -2.40. The maximum atomic E-state index is 12.0. The maximum Gasteiger partial charge on any atom is 0.328 e. The minimum absolute atomic E-state index is 0.385. The Morgan fingerprint density at radius 1 is 1.04 bits per heavy atom. The average Bonchev–Trinajstić information content (AvgIpc) is 2.62. The topological polar surface area (TPSA) is 84.5 Å². The Hall–Kier alpha value is -2.67. The molecule has 6 nitrogen and oxygen atoms in total. The number of ether oxygens (including phenoxy) is 1. The average molecular weight is 405 g/mol. The summed E-state index contributed by atoms with van der Waals surface area (Å²) >= 11 is 3.30. The minimum Gasteiger partial charge on any atom is -0.454 e. The molecule has 0 aromatic heterocycles. The third-order valence-electron chi connectivity index (χ3n) is 3.21. The number of hydrogen-bond acceptors (Lipinski definition) is 4. The van der Waals surface area contributed by atoms with E-state index >= 15 is 0 Å². The normalized spacial score (nSPS) is 11.3. The number of amides is 2. The summed E-state index contributed by atoms with van der Waals surface area (Å²) in [5.74, 6) is -1.53. The van der Waals surface area contributed by atoms with Gasteiger partial charge in [0.2, 0.25) is 0 Å². The number of benzene rings is 2. The molecule has 0 saturated carbocycles. The smallest absolute Gasteiger partial charge is 0.328 e. The van der Waals surface area contributed by atoms with E-state index < -0.39 is 24.5 Å². The van der Waals surface area contributed by atoms with Gasteiger partial charge in [-0.25, -0.2) is 4.79 Å². The van der Waals surface area contributed by atoms with Crippen LogP contribution in [0.25, 0.3) is 0 Å². The Balaban J connectivity index is 1.78. The van der Waals surface area contributed by atoms with Gasteiger partial charge in [-0.1, -0.05) is 34.1 Å². The highest BCUT2D eigenvalue weighted by Crippen LogP contribution is 2.13. The predicted octanol–water partition coefficient (Wildman–Crippen LogP) is 2.75. The molecule has 2 aromatic carbocycles. The number of carbonyl (C=O) groups is 3. The zero-order valence-electron chi connectivity index (χ0n) is 13.5. The molecule has 0 radical (unpaired) electrons. The molecule has 7 heteroatoms. The summed E-state index contributed by atoms with van der Waals surface area (Å²) in [6.45, 7) is 1.07. The first kappa shape index (κ1) is 18.7. The van der Waals surface area contributed by atoms with Crippen molar-refractivity contribution < 1.29 is 19.1 Å². The largest absolute Gasteiger partial charge is 0.454 e. The van der Waals surface area contributed by atoms with E-state index in [9.17, 15) is 14.4 Å². The Bertz CT molecular complexity index is 747. The molecule has 2 amide bonds. The van der Waals surface area contributed by atoms with Crippen molar-refractivity contribution in [2.24, 2.45) is 0 Å². The number of anilines is 1. The van der Waals surface area contributed by atoms with Crippen molar-refractivity contribution >= 4 is 39.4 Å². The van der Waals surface area contributed by atoms with Gasteiger partial charge in [-0.05, 0) is 43.3 Å². The van der Waals surface area contributed by atoms with Gasteiger partial charge in [-0.15, -0.1) is 0 Å². The van der Waals surface area contributed by atoms with Crippen LogP contribution in [0.1, 0.15) is 17.3 Å². The van der Waals surface area contributed by atoms with E-state index in [1.54, 1.807) is 54.6 Å². The van der Waals surface area contributed by atoms with Crippen molar-refractivity contribution in [2.75, 3.05) is 11.9 Å². The van der Waals surface area contributed by atoms with Crippen LogP contribution >= 0.6 is 15.9 Å². The minimum atomic E-state index is -0.867. The first-order valence-electron chi connectivity index (χ1n) is 7.53. The van der Waals surface area contributed by atoms with E-state index in [0.29, 0.717) is 11.3 Å². The second-order valence-electron chi connectivity index (χ2n) is 5.22. The first-order chi connectivity index (χ1) is 12.0. The molecule has 25 heavy (non-hydrogen) atoms. The Morgan fingerprint density at radius 2 is 1.68 bits per heavy atom. The first-order valence-corrected chi connectivity index (χ1v) is 8.33. The molecular weight excluding hydrogens is 388 g/mol. The quantitative estimate of drug-likeness (QED) is 0.724. The van der Waals surface area contributed by atoms with Crippen molar-refractivity contribution in [2.45, 2.75) is 13.0 Å². The fourth-order valence-corrected chi connectivity index (χ4v) is 2.18. The van der Waals surface area contributed by atoms with Crippen molar-refractivity contribution in [3.8, 4) is 0 Å². The number of hydrogen-bond donors (Lipinski definition) is 2. The molecule has 0 aliphatic rings. The third kappa shape index (κ3) is 6.04. The lowest BCUT2D eigenvalue weighted by molar-refractivity contribution is -0.148. The summed E-state index contributed by atoms with van der Waals surface area (Å²) in [4.78, 5) is 35.6. The highest BCUT2D eigenvalue weighted by molar-refractivity contribution is 9.10. The Kier molecular flexibility index (Phi) is 6.71. The van der Waals surface area contributed by atoms with Crippen molar-refractivity contribution in [1.29, 1.82) is 0 Å². The van der Waals surface area contributed by atoms with Crippen molar-refractivity contribution in [3.63, 3.8) is 0 Å². The zero-order chi connectivity index (χ0) is 18.2. The van der Waals surface area contributed by atoms with E-state index in [0.717, 1.165) is 4.47 Å². The van der Waals surface area contributed by atoms with Crippen LogP contribution in [0.2, 0.25) is 0 Å². The van der Waals surface area contributed by atoms with E-state index in [2.05, 4.69) is 26.6 Å². The van der Waals surface area contributed by atoms with Gasteiger partial charge in [0.15, 0.2) is 6.61 Å². The van der Waals surface area contributed by atoms with Crippen LogP contribution in [0, 0.1) is 0 Å². The third-order valence-corrected chi connectivity index (χ3v) is 3.74. The highest BCUT2D eigenvalue weighted by Gasteiger charge is 2.19. The predicted molar refractivity (Wildman–Crippen MR) is 97.1 cm³/mol. The molecule has 0 bridgehead atoms. The van der Waals surface area contributed by atoms with Gasteiger partial charge < -0.3 is 15.4 Å². The molecule has 0 fully saturated rings. The van der Waals surface area contributed by atoms with Crippen molar-refractivity contribution in [1.82, 2.24) is 5.32 Å². The number of rotatable bonds is 6. The monoisotopic (exact) mass is 404 g/mol. The van der Waals surface area contributed by atoms with Crippen LogP contribution < -0.4 is 10.6 Å². The highest BCUT2D eigenvalue weighted by atomic mass is 79.9. The number of carbonyl (C=O) groups excluding carboxylic acids is 3. The molecule has 1 atom stereocenters. The number of halogens is 1. The summed E-state index contributed by atoms with van der Waals surface area (Å²) < 4.78 is 5.81. The molecule has 0 unspecified atom stereocenters. The number of esters is 1. The van der Waals surface area contributed by atoms with Gasteiger partial charge in [-0.2, -0.15) is 0 Å². The van der Waals surface area contributed by atoms with Crippen LogP contribution in [0.4, 0.5) is 5.69 Å². The molecule has 0 aliphatic heterocycles. The second-order valence-corrected chi connectivity index (χ2v) is 6.14. The van der Waals surface area contributed by atoms with E-state index in [1.807, 2.05) is 0 Å². The van der Waals surface area contributed by atoms with Crippen molar-refractivity contribution in [3.05, 3.63) is 64.6 Å². The van der Waals surface area contributed by atoms with Crippen LogP contribution in [-0.2, 0) is 14.3 Å². The maximum absolute atomic E-state index is 12.0. The Morgan fingerprint density at radius 3 is 2.32 bits per heavy atom. The van der Waals surface area contributed by atoms with Gasteiger partial charge in [0.1, 0.15) is 6.04 Å². The molecule has 0 heterocycles. The lowest BCUT2D eigenvalue weighted by atomic mass is 10.2. The molecule has 0 saturated heterocycles. The van der Waals surface area contributed by atoms with Gasteiger partial charge in [-0.3, -0.25) is 9.59 Å². The summed E-state index contributed by atoms with van der Waals surface area (Å²) in [5.41, 5.74) is 1.03. The lowest BCUT2D eigenvalue weighted by Gasteiger charge is -2.13. The van der Waals surface area contributed by atoms with Gasteiger partial charge in [0.25, 0.3) is 11.8 Å². The summed E-state index contributed by atoms with van der Waals surface area (Å²) in [6.07, 6.45) is 0. The molecule has 0 aliphatic carbocycles. The van der Waals surface area contributed by atoms with Crippen LogP contribution in [0.5, 0.6) is 0 Å². The molecule has 0 spiro atoms. The van der Waals surface area contributed by atoms with E-state index in [1.165, 1.54) is 6.92 Å². The van der Waals surface area contributed by atoms with Gasteiger partial charge >= 0.3 is 5.97 Å². The molecular formula is C18H17BrN2O4. The van der Waals surface area contributed by atoms with Crippen LogP contribution in [0.15, 0.2) is 59.1 Å². The summed E-state index contributed by atoms with van der Waals surface area (Å²) in [7, 11) is 0.